The summed E-state index contributed by atoms with van der Waals surface area (Å²) in [4.78, 5) is 0. The second-order valence-electron chi connectivity index (χ2n) is 3.46. The minimum Gasteiger partial charge on any atom is -0.461 e. The standard InChI is InChI=1S/C12H7ClF3O/c1-7-2-5-11(17-7)9-6-8(12(14,15)16)3-4-10(9)13/h2-6H,1H2. The number of benzene rings is 1. The molecule has 1 nitrogen and oxygen atoms in total. The Morgan fingerprint density at radius 3 is 2.35 bits per heavy atom. The third kappa shape index (κ3) is 2.47. The minimum atomic E-state index is -4.40. The summed E-state index contributed by atoms with van der Waals surface area (Å²) in [5.74, 6) is 0.638. The first-order chi connectivity index (χ1) is 7.88. The zero-order chi connectivity index (χ0) is 12.6. The smallest absolute Gasteiger partial charge is 0.416 e. The SMILES string of the molecule is [CH2]c1ccc(-c2cc(C(F)(F)F)ccc2Cl)o1. The maximum Gasteiger partial charge on any atom is 0.416 e. The van der Waals surface area contributed by atoms with E-state index in [4.69, 9.17) is 16.0 Å². The second kappa shape index (κ2) is 4.11. The Labute approximate surface area is 101 Å². The van der Waals surface area contributed by atoms with Crippen LogP contribution in [-0.4, -0.2) is 0 Å². The molecule has 0 aliphatic heterocycles. The highest BCUT2D eigenvalue weighted by molar-refractivity contribution is 6.33. The number of alkyl halides is 3. The van der Waals surface area contributed by atoms with Gasteiger partial charge < -0.3 is 4.42 Å². The van der Waals surface area contributed by atoms with Gasteiger partial charge in [-0.05, 0) is 30.3 Å². The van der Waals surface area contributed by atoms with Crippen molar-refractivity contribution >= 4 is 11.6 Å². The van der Waals surface area contributed by atoms with Crippen LogP contribution >= 0.6 is 11.6 Å². The molecule has 0 unspecified atom stereocenters. The predicted octanol–water partition coefficient (Wildman–Crippen LogP) is 4.80. The van der Waals surface area contributed by atoms with Crippen molar-refractivity contribution in [1.82, 2.24) is 0 Å². The van der Waals surface area contributed by atoms with Gasteiger partial charge in [-0.25, -0.2) is 0 Å². The minimum absolute atomic E-state index is 0.201. The Hall–Kier alpha value is -1.42. The van der Waals surface area contributed by atoms with Gasteiger partial charge in [-0.2, -0.15) is 13.2 Å². The van der Waals surface area contributed by atoms with Gasteiger partial charge >= 0.3 is 6.18 Å². The number of hydrogen-bond acceptors (Lipinski definition) is 1. The highest BCUT2D eigenvalue weighted by atomic mass is 35.5. The third-order valence-electron chi connectivity index (χ3n) is 2.22. The van der Waals surface area contributed by atoms with E-state index in [2.05, 4.69) is 6.92 Å². The van der Waals surface area contributed by atoms with Gasteiger partial charge in [-0.15, -0.1) is 0 Å². The molecule has 0 atom stereocenters. The van der Waals surface area contributed by atoms with E-state index in [9.17, 15) is 13.2 Å². The summed E-state index contributed by atoms with van der Waals surface area (Å²) in [6.07, 6.45) is -4.40. The highest BCUT2D eigenvalue weighted by Gasteiger charge is 2.31. The van der Waals surface area contributed by atoms with Crippen molar-refractivity contribution in [2.45, 2.75) is 6.18 Å². The van der Waals surface area contributed by atoms with Crippen LogP contribution in [0.3, 0.4) is 0 Å². The van der Waals surface area contributed by atoms with Crippen molar-refractivity contribution in [2.75, 3.05) is 0 Å². The van der Waals surface area contributed by atoms with Gasteiger partial charge in [0.1, 0.15) is 11.5 Å². The highest BCUT2D eigenvalue weighted by Crippen LogP contribution is 2.36. The zero-order valence-electron chi connectivity index (χ0n) is 8.51. The number of halogens is 4. The van der Waals surface area contributed by atoms with Gasteiger partial charge in [0.2, 0.25) is 0 Å². The molecule has 2 rings (SSSR count). The molecule has 1 aromatic carbocycles. The topological polar surface area (TPSA) is 13.1 Å². The fourth-order valence-electron chi connectivity index (χ4n) is 1.41. The summed E-state index contributed by atoms with van der Waals surface area (Å²) in [6, 6.07) is 6.18. The molecule has 1 aromatic heterocycles. The van der Waals surface area contributed by atoms with Gasteiger partial charge in [0.05, 0.1) is 10.6 Å². The van der Waals surface area contributed by atoms with Crippen molar-refractivity contribution in [3.63, 3.8) is 0 Å². The Bertz CT molecular complexity index is 543. The molecule has 0 fully saturated rings. The van der Waals surface area contributed by atoms with Crippen molar-refractivity contribution < 1.29 is 17.6 Å². The molecular weight excluding hydrogens is 253 g/mol. The molecule has 0 aliphatic carbocycles. The first kappa shape index (κ1) is 12.0. The van der Waals surface area contributed by atoms with E-state index in [1.807, 2.05) is 0 Å². The number of rotatable bonds is 1. The van der Waals surface area contributed by atoms with Crippen LogP contribution in [-0.2, 0) is 6.18 Å². The zero-order valence-corrected chi connectivity index (χ0v) is 9.27. The number of furan rings is 1. The molecular formula is C12H7ClF3O. The quantitative estimate of drug-likeness (QED) is 0.717. The molecule has 5 heteroatoms. The molecule has 0 amide bonds. The average Bonchev–Trinajstić information content (AvgIpc) is 2.63. The monoisotopic (exact) mass is 259 g/mol. The van der Waals surface area contributed by atoms with E-state index in [0.29, 0.717) is 5.76 Å². The van der Waals surface area contributed by atoms with Crippen LogP contribution in [0.2, 0.25) is 5.02 Å². The summed E-state index contributed by atoms with van der Waals surface area (Å²) >= 11 is 5.84. The largest absolute Gasteiger partial charge is 0.461 e. The van der Waals surface area contributed by atoms with Crippen LogP contribution in [0.5, 0.6) is 0 Å². The lowest BCUT2D eigenvalue weighted by Crippen LogP contribution is -2.04. The summed E-state index contributed by atoms with van der Waals surface area (Å²) in [5.41, 5.74) is -0.560. The van der Waals surface area contributed by atoms with Crippen LogP contribution in [0, 0.1) is 6.92 Å². The summed E-state index contributed by atoms with van der Waals surface area (Å²) in [6.45, 7) is 3.54. The lowest BCUT2D eigenvalue weighted by Gasteiger charge is -2.08. The third-order valence-corrected chi connectivity index (χ3v) is 2.55. The summed E-state index contributed by atoms with van der Waals surface area (Å²) in [5, 5.41) is 0.201. The molecule has 17 heavy (non-hydrogen) atoms. The first-order valence-electron chi connectivity index (χ1n) is 4.67. The fourth-order valence-corrected chi connectivity index (χ4v) is 1.62. The Morgan fingerprint density at radius 1 is 1.12 bits per heavy atom. The van der Waals surface area contributed by atoms with Gasteiger partial charge in [0, 0.05) is 12.5 Å². The molecule has 0 bridgehead atoms. The van der Waals surface area contributed by atoms with Gasteiger partial charge in [0.15, 0.2) is 0 Å². The Balaban J connectivity index is 2.54. The molecule has 0 saturated carbocycles. The van der Waals surface area contributed by atoms with Crippen molar-refractivity contribution in [1.29, 1.82) is 0 Å². The van der Waals surface area contributed by atoms with Crippen LogP contribution in [0.4, 0.5) is 13.2 Å². The molecule has 0 saturated heterocycles. The predicted molar refractivity (Wildman–Crippen MR) is 58.6 cm³/mol. The fraction of sp³-hybridized carbons (Fsp3) is 0.0833. The van der Waals surface area contributed by atoms with Crippen LogP contribution in [0.15, 0.2) is 34.7 Å². The van der Waals surface area contributed by atoms with E-state index < -0.39 is 11.7 Å². The first-order valence-corrected chi connectivity index (χ1v) is 5.04. The van der Waals surface area contributed by atoms with Crippen LogP contribution in [0.1, 0.15) is 11.3 Å². The normalized spacial score (nSPS) is 11.8. The Morgan fingerprint density at radius 2 is 1.82 bits per heavy atom. The summed E-state index contributed by atoms with van der Waals surface area (Å²) < 4.78 is 42.8. The van der Waals surface area contributed by atoms with Crippen LogP contribution < -0.4 is 0 Å². The maximum atomic E-state index is 12.5. The van der Waals surface area contributed by atoms with Crippen molar-refractivity contribution in [3.8, 4) is 11.3 Å². The average molecular weight is 260 g/mol. The molecule has 0 spiro atoms. The van der Waals surface area contributed by atoms with E-state index in [1.54, 1.807) is 6.07 Å². The van der Waals surface area contributed by atoms with E-state index >= 15 is 0 Å². The Kier molecular flexibility index (Phi) is 2.91. The molecule has 0 N–H and O–H groups in total. The van der Waals surface area contributed by atoms with Gasteiger partial charge in [0.25, 0.3) is 0 Å². The van der Waals surface area contributed by atoms with Crippen LogP contribution in [0.25, 0.3) is 11.3 Å². The maximum absolute atomic E-state index is 12.5. The molecule has 1 radical (unpaired) electrons. The lowest BCUT2D eigenvalue weighted by atomic mass is 10.1. The van der Waals surface area contributed by atoms with E-state index in [-0.39, 0.29) is 16.3 Å². The van der Waals surface area contributed by atoms with Gasteiger partial charge in [-0.1, -0.05) is 11.6 Å². The van der Waals surface area contributed by atoms with E-state index in [1.165, 1.54) is 12.1 Å². The van der Waals surface area contributed by atoms with Crippen molar-refractivity contribution in [2.24, 2.45) is 0 Å². The van der Waals surface area contributed by atoms with Gasteiger partial charge in [-0.3, -0.25) is 0 Å². The molecule has 89 valence electrons. The molecule has 1 heterocycles. The second-order valence-corrected chi connectivity index (χ2v) is 3.87. The molecule has 2 aromatic rings. The van der Waals surface area contributed by atoms with Crippen molar-refractivity contribution in [3.05, 3.63) is 53.6 Å². The summed E-state index contributed by atoms with van der Waals surface area (Å²) in [7, 11) is 0. The van der Waals surface area contributed by atoms with E-state index in [0.717, 1.165) is 12.1 Å². The molecule has 0 aliphatic rings. The lowest BCUT2D eigenvalue weighted by molar-refractivity contribution is -0.137. The number of hydrogen-bond donors (Lipinski definition) is 0.